The number of hydrogen-bond acceptors (Lipinski definition) is 3. The van der Waals surface area contributed by atoms with Crippen molar-refractivity contribution in [2.24, 2.45) is 0 Å². The summed E-state index contributed by atoms with van der Waals surface area (Å²) in [7, 11) is -2.43. The number of nitrogens with zero attached hydrogens (tertiary/aromatic N) is 3. The van der Waals surface area contributed by atoms with E-state index in [1.165, 1.54) is 29.9 Å². The van der Waals surface area contributed by atoms with Gasteiger partial charge < -0.3 is 0 Å². The van der Waals surface area contributed by atoms with Crippen LogP contribution in [0.3, 0.4) is 0 Å². The lowest BCUT2D eigenvalue weighted by Crippen LogP contribution is -2.30. The minimum absolute atomic E-state index is 0.0933. The van der Waals surface area contributed by atoms with Crippen molar-refractivity contribution < 1.29 is 21.6 Å². The first kappa shape index (κ1) is 21.5. The van der Waals surface area contributed by atoms with Crippen molar-refractivity contribution >= 4 is 27.3 Å². The van der Waals surface area contributed by atoms with Gasteiger partial charge in [-0.25, -0.2) is 13.1 Å². The highest BCUT2D eigenvalue weighted by Crippen LogP contribution is 2.48. The molecule has 0 radical (unpaired) electrons. The van der Waals surface area contributed by atoms with Crippen LogP contribution < -0.4 is 4.31 Å². The van der Waals surface area contributed by atoms with E-state index >= 15 is 0 Å². The predicted octanol–water partition coefficient (Wildman–Crippen LogP) is 6.02. The zero-order chi connectivity index (χ0) is 23.5. The molecule has 0 unspecified atom stereocenters. The Bertz CT molecular complexity index is 1480. The summed E-state index contributed by atoms with van der Waals surface area (Å²) in [6, 6.07) is 17.8. The number of rotatable bonds is 2. The van der Waals surface area contributed by atoms with Gasteiger partial charge in [-0.2, -0.15) is 18.3 Å². The maximum atomic E-state index is 13.2. The first-order valence-corrected chi connectivity index (χ1v) is 11.6. The molecule has 4 aromatic rings. The summed E-state index contributed by atoms with van der Waals surface area (Å²) < 4.78 is 68.4. The monoisotopic (exact) mass is 489 g/mol. The Morgan fingerprint density at radius 1 is 0.909 bits per heavy atom. The minimum atomic E-state index is -4.47. The van der Waals surface area contributed by atoms with Crippen LogP contribution in [0.1, 0.15) is 5.56 Å². The Labute approximate surface area is 192 Å². The van der Waals surface area contributed by atoms with E-state index in [-0.39, 0.29) is 4.90 Å². The van der Waals surface area contributed by atoms with Crippen LogP contribution in [-0.2, 0) is 16.2 Å². The van der Waals surface area contributed by atoms with E-state index in [1.807, 2.05) is 0 Å². The Balaban J connectivity index is 1.83. The van der Waals surface area contributed by atoms with Crippen LogP contribution in [0.5, 0.6) is 0 Å². The Hall–Kier alpha value is -3.30. The van der Waals surface area contributed by atoms with Crippen LogP contribution >= 0.6 is 11.6 Å². The fourth-order valence-corrected chi connectivity index (χ4v) is 5.41. The van der Waals surface area contributed by atoms with Crippen molar-refractivity contribution in [2.45, 2.75) is 11.1 Å². The van der Waals surface area contributed by atoms with Gasteiger partial charge in [-0.05, 0) is 42.5 Å². The molecule has 0 spiro atoms. The molecule has 0 N–H and O–H groups in total. The van der Waals surface area contributed by atoms with Gasteiger partial charge in [-0.3, -0.25) is 4.31 Å². The average molecular weight is 490 g/mol. The highest BCUT2D eigenvalue weighted by molar-refractivity contribution is 7.93. The van der Waals surface area contributed by atoms with Crippen LogP contribution in [-0.4, -0.2) is 25.2 Å². The van der Waals surface area contributed by atoms with Crippen molar-refractivity contribution in [3.63, 3.8) is 0 Å². The van der Waals surface area contributed by atoms with E-state index in [4.69, 9.17) is 11.6 Å². The third-order valence-electron chi connectivity index (χ3n) is 5.51. The van der Waals surface area contributed by atoms with Crippen molar-refractivity contribution in [2.75, 3.05) is 11.4 Å². The number of alkyl halides is 3. The molecule has 1 aromatic heterocycles. The number of hydrogen-bond donors (Lipinski definition) is 0. The van der Waals surface area contributed by atoms with E-state index < -0.39 is 21.8 Å². The summed E-state index contributed by atoms with van der Waals surface area (Å²) in [5, 5.41) is 5.16. The molecule has 0 saturated carbocycles. The summed E-state index contributed by atoms with van der Waals surface area (Å²) >= 11 is 6.01. The minimum Gasteiger partial charge on any atom is -0.265 e. The second kappa shape index (κ2) is 7.36. The molecule has 1 aliphatic heterocycles. The van der Waals surface area contributed by atoms with Crippen molar-refractivity contribution in [1.29, 1.82) is 0 Å². The van der Waals surface area contributed by atoms with E-state index in [0.29, 0.717) is 38.9 Å². The fourth-order valence-electron chi connectivity index (χ4n) is 3.89. The molecule has 0 fully saturated rings. The lowest BCUT2D eigenvalue weighted by atomic mass is 10.1. The summed E-state index contributed by atoms with van der Waals surface area (Å²) in [4.78, 5) is 0.0933. The summed E-state index contributed by atoms with van der Waals surface area (Å²) in [5.74, 6) is 0. The molecule has 1 aliphatic rings. The molecule has 10 heteroatoms. The molecule has 0 bridgehead atoms. The normalized spacial score (nSPS) is 14.6. The average Bonchev–Trinajstić information content (AvgIpc) is 3.18. The van der Waals surface area contributed by atoms with E-state index in [0.717, 1.165) is 16.4 Å². The number of anilines is 1. The van der Waals surface area contributed by atoms with Crippen molar-refractivity contribution in [3.8, 4) is 28.2 Å². The molecule has 5 nitrogen and oxygen atoms in total. The molecule has 168 valence electrons. The molecular formula is C23H15ClF3N3O2S. The summed E-state index contributed by atoms with van der Waals surface area (Å²) in [6.45, 7) is 0. The maximum absolute atomic E-state index is 13.2. The zero-order valence-electron chi connectivity index (χ0n) is 17.0. The second-order valence-electron chi connectivity index (χ2n) is 7.48. The molecule has 0 amide bonds. The molecule has 5 rings (SSSR count). The Kier molecular flexibility index (Phi) is 4.80. The Morgan fingerprint density at radius 3 is 2.18 bits per heavy atom. The molecule has 0 saturated heterocycles. The summed E-state index contributed by atoms with van der Waals surface area (Å²) in [5.41, 5.74) is 1.76. The van der Waals surface area contributed by atoms with E-state index in [2.05, 4.69) is 5.10 Å². The number of fused-ring (bicyclic) bond motifs is 3. The molecule has 0 aliphatic carbocycles. The van der Waals surface area contributed by atoms with Crippen LogP contribution in [0, 0.1) is 0 Å². The van der Waals surface area contributed by atoms with E-state index in [1.54, 1.807) is 42.5 Å². The second-order valence-corrected chi connectivity index (χ2v) is 9.85. The van der Waals surface area contributed by atoms with Crippen molar-refractivity contribution in [1.82, 2.24) is 9.78 Å². The first-order chi connectivity index (χ1) is 15.6. The highest BCUT2D eigenvalue weighted by Gasteiger charge is 2.38. The third kappa shape index (κ3) is 3.39. The van der Waals surface area contributed by atoms with Gasteiger partial charge >= 0.3 is 6.18 Å². The molecule has 3 aromatic carbocycles. The van der Waals surface area contributed by atoms with E-state index in [9.17, 15) is 21.6 Å². The number of halogens is 4. The van der Waals surface area contributed by atoms with Gasteiger partial charge in [-0.15, -0.1) is 0 Å². The quantitative estimate of drug-likeness (QED) is 0.346. The smallest absolute Gasteiger partial charge is 0.265 e. The number of sulfonamides is 1. The zero-order valence-corrected chi connectivity index (χ0v) is 18.6. The van der Waals surface area contributed by atoms with Crippen molar-refractivity contribution in [3.05, 3.63) is 83.4 Å². The lowest BCUT2D eigenvalue weighted by molar-refractivity contribution is -0.137. The van der Waals surface area contributed by atoms with Crippen LogP contribution in [0.25, 0.3) is 28.2 Å². The summed E-state index contributed by atoms with van der Waals surface area (Å²) in [6.07, 6.45) is -4.47. The topological polar surface area (TPSA) is 55.2 Å². The number of aromatic nitrogens is 2. The standard InChI is InChI=1S/C23H15ClF3N3O2S/c1-29-22-20(14-6-10-16(24)11-7-14)28-30(17-12-8-15(9-13-17)23(25,26)27)21(22)18-4-2-3-5-19(18)33(29,31)32/h2-13H,1H3. The van der Waals surface area contributed by atoms with Gasteiger partial charge in [0, 0.05) is 23.2 Å². The van der Waals surface area contributed by atoms with Crippen LogP contribution in [0.2, 0.25) is 5.02 Å². The molecule has 0 atom stereocenters. The Morgan fingerprint density at radius 2 is 1.55 bits per heavy atom. The maximum Gasteiger partial charge on any atom is 0.416 e. The molecule has 33 heavy (non-hydrogen) atoms. The van der Waals surface area contributed by atoms with Gasteiger partial charge in [-0.1, -0.05) is 41.9 Å². The predicted molar refractivity (Wildman–Crippen MR) is 120 cm³/mol. The van der Waals surface area contributed by atoms with Gasteiger partial charge in [0.1, 0.15) is 17.1 Å². The van der Waals surface area contributed by atoms with Crippen LogP contribution in [0.15, 0.2) is 77.7 Å². The van der Waals surface area contributed by atoms with Gasteiger partial charge in [0.25, 0.3) is 10.0 Å². The highest BCUT2D eigenvalue weighted by atomic mass is 35.5. The largest absolute Gasteiger partial charge is 0.416 e. The first-order valence-electron chi connectivity index (χ1n) is 9.74. The lowest BCUT2D eigenvalue weighted by Gasteiger charge is -2.27. The fraction of sp³-hybridized carbons (Fsp3) is 0.0870. The van der Waals surface area contributed by atoms with Gasteiger partial charge in [0.2, 0.25) is 0 Å². The molecular weight excluding hydrogens is 475 g/mol. The van der Waals surface area contributed by atoms with Gasteiger partial charge in [0.05, 0.1) is 16.1 Å². The number of benzene rings is 3. The van der Waals surface area contributed by atoms with Gasteiger partial charge in [0.15, 0.2) is 0 Å². The van der Waals surface area contributed by atoms with Crippen LogP contribution in [0.4, 0.5) is 18.9 Å². The molecule has 2 heterocycles. The third-order valence-corrected chi connectivity index (χ3v) is 7.58. The SMILES string of the molecule is CN1c2c(-c3ccc(Cl)cc3)nn(-c3ccc(C(F)(F)F)cc3)c2-c2ccccc2S1(=O)=O.